The minimum atomic E-state index is -4.38. The molecule has 5 rings (SSSR count). The Labute approximate surface area is 198 Å². The normalized spacial score (nSPS) is 11.5. The molecule has 0 aliphatic rings. The lowest BCUT2D eigenvalue weighted by Gasteiger charge is -2.11. The summed E-state index contributed by atoms with van der Waals surface area (Å²) in [7, 11) is 0. The van der Waals surface area contributed by atoms with Crippen molar-refractivity contribution in [2.24, 2.45) is 0 Å². The Balaban J connectivity index is 1.35. The lowest BCUT2D eigenvalue weighted by Crippen LogP contribution is -2.13. The third-order valence-electron chi connectivity index (χ3n) is 5.67. The number of imidazole rings is 1. The molecule has 0 aliphatic carbocycles. The zero-order chi connectivity index (χ0) is 24.6. The number of rotatable bonds is 4. The lowest BCUT2D eigenvalue weighted by atomic mass is 9.98. The van der Waals surface area contributed by atoms with Crippen molar-refractivity contribution in [2.75, 3.05) is 5.32 Å². The molecule has 0 saturated carbocycles. The number of hydrogen-bond donors (Lipinski definition) is 1. The second kappa shape index (κ2) is 8.72. The summed E-state index contributed by atoms with van der Waals surface area (Å²) in [6, 6.07) is 19.3. The van der Waals surface area contributed by atoms with Crippen LogP contribution in [0.5, 0.6) is 0 Å². The van der Waals surface area contributed by atoms with E-state index in [0.717, 1.165) is 29.0 Å². The van der Waals surface area contributed by atoms with Crippen molar-refractivity contribution in [3.8, 4) is 22.4 Å². The van der Waals surface area contributed by atoms with Gasteiger partial charge in [-0.05, 0) is 60.0 Å². The SMILES string of the molecule is Cc1cc(-c2ccc(C(F)(F)F)cc2)ccc1C(=O)Nc1cccc(-c2cn3cccnc3n2)c1. The highest BCUT2D eigenvalue weighted by atomic mass is 19.4. The summed E-state index contributed by atoms with van der Waals surface area (Å²) in [6.07, 6.45) is 1.03. The third-order valence-corrected chi connectivity index (χ3v) is 5.67. The second-order valence-electron chi connectivity index (χ2n) is 8.09. The highest BCUT2D eigenvalue weighted by Crippen LogP contribution is 2.31. The predicted molar refractivity (Wildman–Crippen MR) is 128 cm³/mol. The van der Waals surface area contributed by atoms with Gasteiger partial charge < -0.3 is 5.32 Å². The number of anilines is 1. The highest BCUT2D eigenvalue weighted by Gasteiger charge is 2.30. The Morgan fingerprint density at radius 2 is 1.69 bits per heavy atom. The number of alkyl halides is 3. The van der Waals surface area contributed by atoms with Gasteiger partial charge in [0.15, 0.2) is 0 Å². The Hall–Kier alpha value is -4.46. The average molecular weight is 472 g/mol. The Kier molecular flexibility index (Phi) is 5.56. The van der Waals surface area contributed by atoms with Crippen molar-refractivity contribution in [1.82, 2.24) is 14.4 Å². The molecule has 0 radical (unpaired) electrons. The lowest BCUT2D eigenvalue weighted by molar-refractivity contribution is -0.137. The van der Waals surface area contributed by atoms with Gasteiger partial charge in [-0.15, -0.1) is 0 Å². The van der Waals surface area contributed by atoms with Crippen molar-refractivity contribution in [1.29, 1.82) is 0 Å². The van der Waals surface area contributed by atoms with E-state index >= 15 is 0 Å². The molecule has 1 N–H and O–H groups in total. The van der Waals surface area contributed by atoms with E-state index < -0.39 is 11.7 Å². The molecule has 35 heavy (non-hydrogen) atoms. The second-order valence-corrected chi connectivity index (χ2v) is 8.09. The summed E-state index contributed by atoms with van der Waals surface area (Å²) in [5.74, 6) is 0.302. The molecule has 8 heteroatoms. The number of benzene rings is 3. The smallest absolute Gasteiger partial charge is 0.322 e. The maximum atomic E-state index is 13.0. The van der Waals surface area contributed by atoms with Gasteiger partial charge in [0, 0.05) is 35.4 Å². The number of hydrogen-bond acceptors (Lipinski definition) is 3. The van der Waals surface area contributed by atoms with Gasteiger partial charge in [-0.2, -0.15) is 13.2 Å². The van der Waals surface area contributed by atoms with Gasteiger partial charge in [-0.1, -0.05) is 36.4 Å². The maximum Gasteiger partial charge on any atom is 0.416 e. The fourth-order valence-electron chi connectivity index (χ4n) is 3.87. The fourth-order valence-corrected chi connectivity index (χ4v) is 3.87. The van der Waals surface area contributed by atoms with Crippen LogP contribution in [-0.2, 0) is 6.18 Å². The number of nitrogens with zero attached hydrogens (tertiary/aromatic N) is 3. The number of aromatic nitrogens is 3. The first kappa shape index (κ1) is 22.3. The maximum absolute atomic E-state index is 13.0. The number of nitrogens with one attached hydrogen (secondary N) is 1. The van der Waals surface area contributed by atoms with E-state index in [9.17, 15) is 18.0 Å². The largest absolute Gasteiger partial charge is 0.416 e. The Morgan fingerprint density at radius 3 is 2.40 bits per heavy atom. The quantitative estimate of drug-likeness (QED) is 0.319. The molecule has 0 fully saturated rings. The summed E-state index contributed by atoms with van der Waals surface area (Å²) in [4.78, 5) is 21.7. The van der Waals surface area contributed by atoms with Crippen LogP contribution in [-0.4, -0.2) is 20.3 Å². The van der Waals surface area contributed by atoms with E-state index in [2.05, 4.69) is 15.3 Å². The van der Waals surface area contributed by atoms with E-state index in [1.807, 2.05) is 41.1 Å². The number of amides is 1. The van der Waals surface area contributed by atoms with Gasteiger partial charge in [-0.3, -0.25) is 9.20 Å². The molecule has 1 amide bonds. The number of carbonyl (C=O) groups is 1. The van der Waals surface area contributed by atoms with Crippen molar-refractivity contribution in [2.45, 2.75) is 13.1 Å². The van der Waals surface area contributed by atoms with Crippen LogP contribution in [0.4, 0.5) is 18.9 Å². The number of halogens is 3. The first-order valence-corrected chi connectivity index (χ1v) is 10.8. The van der Waals surface area contributed by atoms with Crippen LogP contribution in [0.15, 0.2) is 91.4 Å². The van der Waals surface area contributed by atoms with Crippen LogP contribution < -0.4 is 5.32 Å². The highest BCUT2D eigenvalue weighted by molar-refractivity contribution is 6.05. The molecule has 5 nitrogen and oxygen atoms in total. The van der Waals surface area contributed by atoms with Gasteiger partial charge in [0.1, 0.15) is 0 Å². The topological polar surface area (TPSA) is 59.3 Å². The standard InChI is InChI=1S/C27H19F3N4O/c1-17-14-19(18-6-9-21(10-7-18)27(28,29)30)8-11-23(17)25(35)32-22-5-2-4-20(15-22)24-16-34-13-3-12-31-26(34)33-24/h2-16H,1H3,(H,32,35). The Bertz CT molecular complexity index is 1510. The minimum Gasteiger partial charge on any atom is -0.322 e. The zero-order valence-corrected chi connectivity index (χ0v) is 18.5. The monoisotopic (exact) mass is 472 g/mol. The van der Waals surface area contributed by atoms with E-state index in [1.165, 1.54) is 12.1 Å². The summed E-state index contributed by atoms with van der Waals surface area (Å²) >= 11 is 0. The van der Waals surface area contributed by atoms with Crippen LogP contribution in [0.2, 0.25) is 0 Å². The van der Waals surface area contributed by atoms with E-state index in [-0.39, 0.29) is 5.91 Å². The van der Waals surface area contributed by atoms with Crippen molar-refractivity contribution >= 4 is 17.4 Å². The molecular formula is C27H19F3N4O. The summed E-state index contributed by atoms with van der Waals surface area (Å²) in [5.41, 5.74) is 4.04. The zero-order valence-electron chi connectivity index (χ0n) is 18.5. The molecule has 0 bridgehead atoms. The van der Waals surface area contributed by atoms with Crippen molar-refractivity contribution in [3.05, 3.63) is 108 Å². The van der Waals surface area contributed by atoms with Crippen LogP contribution in [0.1, 0.15) is 21.5 Å². The molecule has 0 aliphatic heterocycles. The van der Waals surface area contributed by atoms with Gasteiger partial charge in [0.05, 0.1) is 11.3 Å². The van der Waals surface area contributed by atoms with Gasteiger partial charge in [0.25, 0.3) is 5.91 Å². The van der Waals surface area contributed by atoms with Crippen LogP contribution >= 0.6 is 0 Å². The van der Waals surface area contributed by atoms with Gasteiger partial charge in [0.2, 0.25) is 5.78 Å². The Morgan fingerprint density at radius 1 is 0.914 bits per heavy atom. The number of carbonyl (C=O) groups excluding carboxylic acids is 1. The number of aryl methyl sites for hydroxylation is 1. The molecule has 0 atom stereocenters. The minimum absolute atomic E-state index is 0.282. The van der Waals surface area contributed by atoms with E-state index in [0.29, 0.717) is 28.2 Å². The van der Waals surface area contributed by atoms with Crippen molar-refractivity contribution < 1.29 is 18.0 Å². The van der Waals surface area contributed by atoms with Crippen molar-refractivity contribution in [3.63, 3.8) is 0 Å². The van der Waals surface area contributed by atoms with Gasteiger partial charge >= 0.3 is 6.18 Å². The van der Waals surface area contributed by atoms with E-state index in [4.69, 9.17) is 0 Å². The molecule has 0 unspecified atom stereocenters. The van der Waals surface area contributed by atoms with Crippen LogP contribution in [0.25, 0.3) is 28.2 Å². The van der Waals surface area contributed by atoms with Crippen LogP contribution in [0, 0.1) is 6.92 Å². The first-order valence-electron chi connectivity index (χ1n) is 10.8. The summed E-state index contributed by atoms with van der Waals surface area (Å²) in [5, 5.41) is 2.91. The average Bonchev–Trinajstić information content (AvgIpc) is 3.28. The molecular weight excluding hydrogens is 453 g/mol. The summed E-state index contributed by atoms with van der Waals surface area (Å²) in [6.45, 7) is 1.79. The molecule has 2 aromatic heterocycles. The molecule has 2 heterocycles. The van der Waals surface area contributed by atoms with Gasteiger partial charge in [-0.25, -0.2) is 9.97 Å². The van der Waals surface area contributed by atoms with E-state index in [1.54, 1.807) is 37.4 Å². The van der Waals surface area contributed by atoms with Crippen LogP contribution in [0.3, 0.4) is 0 Å². The molecule has 0 spiro atoms. The molecule has 0 saturated heterocycles. The predicted octanol–water partition coefficient (Wildman–Crippen LogP) is 6.64. The molecule has 3 aromatic carbocycles. The third kappa shape index (κ3) is 4.63. The summed E-state index contributed by atoms with van der Waals surface area (Å²) < 4.78 is 40.3. The fraction of sp³-hybridized carbons (Fsp3) is 0.0741. The first-order chi connectivity index (χ1) is 16.8. The molecule has 5 aromatic rings. The number of fused-ring (bicyclic) bond motifs is 1. The molecule has 174 valence electrons.